The van der Waals surface area contributed by atoms with Crippen LogP contribution in [0.15, 0.2) is 30.3 Å². The van der Waals surface area contributed by atoms with Gasteiger partial charge in [-0.15, -0.1) is 0 Å². The lowest BCUT2D eigenvalue weighted by Crippen LogP contribution is -2.36. The molecule has 5 heteroatoms. The molecule has 1 saturated carbocycles. The summed E-state index contributed by atoms with van der Waals surface area (Å²) in [6.45, 7) is 10.0. The van der Waals surface area contributed by atoms with Crippen LogP contribution < -0.4 is 5.32 Å². The molecule has 2 unspecified atom stereocenters. The summed E-state index contributed by atoms with van der Waals surface area (Å²) in [7, 11) is 1.84. The highest BCUT2D eigenvalue weighted by Crippen LogP contribution is 2.38. The first-order valence-corrected chi connectivity index (χ1v) is 11.7. The van der Waals surface area contributed by atoms with Gasteiger partial charge < -0.3 is 14.8 Å². The number of aryl methyl sites for hydroxylation is 1. The van der Waals surface area contributed by atoms with E-state index < -0.39 is 0 Å². The van der Waals surface area contributed by atoms with Gasteiger partial charge in [-0.1, -0.05) is 61.6 Å². The van der Waals surface area contributed by atoms with Crippen LogP contribution in [0.25, 0.3) is 0 Å². The van der Waals surface area contributed by atoms with E-state index in [0.717, 1.165) is 31.1 Å². The predicted octanol–water partition coefficient (Wildman–Crippen LogP) is 5.45. The highest BCUT2D eigenvalue weighted by molar-refractivity contribution is 5.75. The molecule has 3 rings (SSSR count). The molecule has 31 heavy (non-hydrogen) atoms. The van der Waals surface area contributed by atoms with Crippen LogP contribution in [0.1, 0.15) is 78.2 Å². The third-order valence-electron chi connectivity index (χ3n) is 5.43. The Bertz CT molecular complexity index is 622. The molecule has 0 amide bonds. The number of cyclic esters (lactones) is 1. The number of carbonyl (C=O) groups excluding carboxylic acids is 2. The number of carbonyl (C=O) groups is 2. The maximum Gasteiger partial charge on any atom is 0.323 e. The molecule has 0 bridgehead atoms. The summed E-state index contributed by atoms with van der Waals surface area (Å²) in [4.78, 5) is 21.4. The molecule has 1 N–H and O–H groups in total. The summed E-state index contributed by atoms with van der Waals surface area (Å²) in [6, 6.07) is 10.2. The monoisotopic (exact) mass is 433 g/mol. The van der Waals surface area contributed by atoms with Crippen LogP contribution in [0, 0.1) is 18.8 Å². The first kappa shape index (κ1) is 27.2. The second-order valence-electron chi connectivity index (χ2n) is 9.78. The molecule has 1 heterocycles. The summed E-state index contributed by atoms with van der Waals surface area (Å²) >= 11 is 0. The summed E-state index contributed by atoms with van der Waals surface area (Å²) in [5.41, 5.74) is 1.00. The highest BCUT2D eigenvalue weighted by Gasteiger charge is 2.29. The summed E-state index contributed by atoms with van der Waals surface area (Å²) in [5.74, 6) is 1.68. The molecule has 5 nitrogen and oxygen atoms in total. The minimum absolute atomic E-state index is 0.0629. The topological polar surface area (TPSA) is 64.6 Å². The van der Waals surface area contributed by atoms with Crippen LogP contribution in [0.5, 0.6) is 0 Å². The second-order valence-corrected chi connectivity index (χ2v) is 9.78. The molecule has 1 saturated heterocycles. The van der Waals surface area contributed by atoms with E-state index in [4.69, 9.17) is 4.74 Å². The highest BCUT2D eigenvalue weighted by atomic mass is 16.5. The molecule has 1 aromatic carbocycles. The average Bonchev–Trinajstić information content (AvgIpc) is 3.48. The third kappa shape index (κ3) is 13.9. The van der Waals surface area contributed by atoms with E-state index in [1.807, 2.05) is 52.9 Å². The lowest BCUT2D eigenvalue weighted by Gasteiger charge is -2.20. The van der Waals surface area contributed by atoms with Crippen LogP contribution in [0.4, 0.5) is 0 Å². The number of benzene rings is 1. The van der Waals surface area contributed by atoms with Gasteiger partial charge in [-0.25, -0.2) is 0 Å². The Morgan fingerprint density at radius 2 is 1.74 bits per heavy atom. The average molecular weight is 434 g/mol. The Morgan fingerprint density at radius 1 is 1.10 bits per heavy atom. The number of esters is 1. The van der Waals surface area contributed by atoms with E-state index in [-0.39, 0.29) is 23.7 Å². The fourth-order valence-corrected chi connectivity index (χ4v) is 3.62. The van der Waals surface area contributed by atoms with Crippen molar-refractivity contribution in [1.82, 2.24) is 5.32 Å². The van der Waals surface area contributed by atoms with Crippen molar-refractivity contribution in [1.29, 1.82) is 0 Å². The van der Waals surface area contributed by atoms with Crippen LogP contribution in [-0.2, 0) is 19.1 Å². The van der Waals surface area contributed by atoms with Crippen molar-refractivity contribution in [2.24, 2.45) is 11.8 Å². The van der Waals surface area contributed by atoms with Gasteiger partial charge in [0.1, 0.15) is 11.6 Å². The van der Waals surface area contributed by atoms with E-state index in [1.165, 1.54) is 31.2 Å². The fourth-order valence-electron chi connectivity index (χ4n) is 3.62. The molecular formula is C26H43NO4. The predicted molar refractivity (Wildman–Crippen MR) is 126 cm³/mol. The molecule has 2 aliphatic rings. The van der Waals surface area contributed by atoms with Gasteiger partial charge >= 0.3 is 5.97 Å². The van der Waals surface area contributed by atoms with Gasteiger partial charge in [-0.3, -0.25) is 9.59 Å². The Balaban J connectivity index is 0.000000283. The zero-order valence-electron chi connectivity index (χ0n) is 20.4. The largest absolute Gasteiger partial charge is 0.462 e. The smallest absolute Gasteiger partial charge is 0.323 e. The van der Waals surface area contributed by atoms with E-state index in [9.17, 15) is 9.59 Å². The maximum atomic E-state index is 11.8. The summed E-state index contributed by atoms with van der Waals surface area (Å²) in [5, 5.41) is 3.06. The van der Waals surface area contributed by atoms with Crippen molar-refractivity contribution in [2.75, 3.05) is 7.05 Å². The molecule has 1 aromatic rings. The van der Waals surface area contributed by atoms with Crippen LogP contribution >= 0.6 is 0 Å². The lowest BCUT2D eigenvalue weighted by atomic mass is 9.90. The number of ether oxygens (including phenoxy) is 2. The molecule has 0 radical (unpaired) electrons. The van der Waals surface area contributed by atoms with Crippen molar-refractivity contribution in [3.8, 4) is 0 Å². The standard InChI is InChI=1S/C14H25NO2.C7H8.C5H10O2/c1-10-8-12(9-11-6-7-11)4-3-5-13(15-2)14(16)17-10;1-7-5-3-2-4-6-7;1-5(2,3)7-4-6/h10-13,15H,3-9H2,1-2H3;2-6H,1H3;4H,1-3H3/t10?,12?,13-;;/m0../s1. The van der Waals surface area contributed by atoms with Crippen molar-refractivity contribution in [3.05, 3.63) is 35.9 Å². The van der Waals surface area contributed by atoms with Crippen LogP contribution in [0.2, 0.25) is 0 Å². The SMILES string of the molecule is CC(C)(C)OC=O.CN[C@H]1CCCC(CC2CC2)CC(C)OC1=O.Cc1ccccc1. The van der Waals surface area contributed by atoms with E-state index in [2.05, 4.69) is 29.1 Å². The third-order valence-corrected chi connectivity index (χ3v) is 5.43. The van der Waals surface area contributed by atoms with Crippen molar-refractivity contribution >= 4 is 12.4 Å². The molecule has 176 valence electrons. The first-order valence-electron chi connectivity index (χ1n) is 11.7. The van der Waals surface area contributed by atoms with Gasteiger partial charge in [0, 0.05) is 0 Å². The molecule has 0 aromatic heterocycles. The van der Waals surface area contributed by atoms with Crippen LogP contribution in [0.3, 0.4) is 0 Å². The zero-order chi connectivity index (χ0) is 23.3. The molecule has 3 atom stereocenters. The van der Waals surface area contributed by atoms with E-state index in [0.29, 0.717) is 6.47 Å². The van der Waals surface area contributed by atoms with Crippen molar-refractivity contribution in [3.63, 3.8) is 0 Å². The van der Waals surface area contributed by atoms with Gasteiger partial charge in [0.05, 0.1) is 6.10 Å². The number of hydrogen-bond acceptors (Lipinski definition) is 5. The quantitative estimate of drug-likeness (QED) is 0.505. The van der Waals surface area contributed by atoms with E-state index in [1.54, 1.807) is 0 Å². The van der Waals surface area contributed by atoms with Gasteiger partial charge in [0.15, 0.2) is 0 Å². The summed E-state index contributed by atoms with van der Waals surface area (Å²) in [6.07, 6.45) is 8.65. The Labute approximate surface area is 189 Å². The maximum absolute atomic E-state index is 11.8. The van der Waals surface area contributed by atoms with Gasteiger partial charge in [0.2, 0.25) is 0 Å². The number of hydrogen-bond donors (Lipinski definition) is 1. The van der Waals surface area contributed by atoms with E-state index >= 15 is 0 Å². The fraction of sp³-hybridized carbons (Fsp3) is 0.692. The Hall–Kier alpha value is -1.88. The minimum atomic E-state index is -0.318. The minimum Gasteiger partial charge on any atom is -0.462 e. The zero-order valence-corrected chi connectivity index (χ0v) is 20.4. The number of nitrogens with one attached hydrogen (secondary N) is 1. The van der Waals surface area contributed by atoms with Gasteiger partial charge in [-0.05, 0) is 72.8 Å². The van der Waals surface area contributed by atoms with Gasteiger partial charge in [0.25, 0.3) is 6.47 Å². The normalized spacial score (nSPS) is 23.9. The molecular weight excluding hydrogens is 390 g/mol. The van der Waals surface area contributed by atoms with Crippen molar-refractivity contribution in [2.45, 2.75) is 97.3 Å². The van der Waals surface area contributed by atoms with Crippen molar-refractivity contribution < 1.29 is 19.1 Å². The first-order chi connectivity index (χ1) is 14.6. The summed E-state index contributed by atoms with van der Waals surface area (Å²) < 4.78 is 10.1. The molecule has 1 aliphatic heterocycles. The Morgan fingerprint density at radius 3 is 2.16 bits per heavy atom. The molecule has 2 fully saturated rings. The molecule has 1 aliphatic carbocycles. The lowest BCUT2D eigenvalue weighted by molar-refractivity contribution is -0.151. The number of rotatable bonds is 4. The Kier molecular flexibility index (Phi) is 12.5. The van der Waals surface area contributed by atoms with Crippen LogP contribution in [-0.4, -0.2) is 37.2 Å². The molecule has 0 spiro atoms. The second kappa shape index (κ2) is 14.2. The number of likely N-dealkylation sites (N-methyl/N-ethyl adjacent to an activating group) is 1. The van der Waals surface area contributed by atoms with Gasteiger partial charge in [-0.2, -0.15) is 0 Å².